The molecule has 7 saturated carbocycles. The van der Waals surface area contributed by atoms with Gasteiger partial charge >= 0.3 is 71.6 Å². The Balaban J connectivity index is -0.000000432. The van der Waals surface area contributed by atoms with Crippen molar-refractivity contribution in [1.29, 1.82) is 0 Å². The van der Waals surface area contributed by atoms with Crippen LogP contribution in [0.4, 0.5) is 0 Å². The third kappa shape index (κ3) is 25.0. The number of rotatable bonds is 18. The fourth-order valence-corrected chi connectivity index (χ4v) is 16.8. The highest BCUT2D eigenvalue weighted by Gasteiger charge is 2.70. The summed E-state index contributed by atoms with van der Waals surface area (Å²) in [5, 5.41) is 0. The zero-order valence-corrected chi connectivity index (χ0v) is 69.2. The SMILES string of the molecule is C.C.C.C.C.C.C.C.C.C.C.C.CCC(C)(C)C(=O)OC1(C)CCC2CC1(C)OC2=O.CCC(C)(C)C(=O)OC1(C)CCC2CC1OC2=O.CCC(C)(C)C(=O)OC1C2CC3CC2C(=O)OC31C.CCC(C)(C)C(=O)OC1CCC2CC1(C)OC2=O.CCC(C)C(=O)OC1(C)CCC2CC1(C)OC2=O.CCC(C)C(=O)OC1CCC2CC1OC2=O. The lowest BCUT2D eigenvalue weighted by Gasteiger charge is -2.47. The Morgan fingerprint density at radius 1 is 0.400 bits per heavy atom. The minimum Gasteiger partial charge on any atom is -0.458 e. The largest absolute Gasteiger partial charge is 0.458 e. The lowest BCUT2D eigenvalue weighted by atomic mass is 9.71. The van der Waals surface area contributed by atoms with Crippen LogP contribution in [-0.4, -0.2) is 141 Å². The van der Waals surface area contributed by atoms with Crippen LogP contribution in [0.15, 0.2) is 0 Å². The second-order valence-electron chi connectivity index (χ2n) is 37.6. The second-order valence-corrected chi connectivity index (χ2v) is 37.6. The molecule has 0 radical (unpaired) electrons. The molecule has 706 valence electrons. The van der Waals surface area contributed by atoms with Crippen molar-refractivity contribution in [3.05, 3.63) is 0 Å². The first-order chi connectivity index (χ1) is 49.9. The standard InChI is InChI=1S/C15H22O4.C15H24O4.3C14H22O4.C12H18O4.12CH4/c1-5-14(2,3)13(17)18-11-9-6-8-7-10(9)12(16)19-15(8,11)4;1-6-13(2,3)12(17)19-14(4)8-7-10-9-15(14,5)18-11(10)16;1-5-13(2,3)12(16)18-14(4)7-6-9-8-10(14)17-11(9)15;1-5-13(2,3)12(16)17-10-7-6-9-8-14(10,4)18-11(9)15;1-5-9(2)11(15)17-13(3)7-6-10-8-14(13,4)18-12(10)16;1-3-7(2)11(13)15-9-5-4-8-6-10(9)16-12(8)14;;;;;;;;;;;;/h8-11H,5-7H2,1-4H3;10H,6-9H2,1-5H3;3*9-10H,5-8H2,1-4H3;7-10H,3-6H2,1-2H3;12*1H4. The monoisotopic (exact) mass is 1720 g/mol. The Morgan fingerprint density at radius 2 is 0.808 bits per heavy atom. The Morgan fingerprint density at radius 3 is 1.28 bits per heavy atom. The van der Waals surface area contributed by atoms with E-state index in [1.807, 2.05) is 159 Å². The average molecular weight is 1720 g/mol. The van der Waals surface area contributed by atoms with Crippen LogP contribution in [0, 0.1) is 80.8 Å². The highest BCUT2D eigenvalue weighted by atomic mass is 16.6. The number of ether oxygens (including phenoxy) is 12. The van der Waals surface area contributed by atoms with E-state index < -0.39 is 60.9 Å². The maximum atomic E-state index is 12.3. The first-order valence-corrected chi connectivity index (χ1v) is 40.6. The smallest absolute Gasteiger partial charge is 0.312 e. The van der Waals surface area contributed by atoms with E-state index in [0.717, 1.165) is 103 Å². The molecule has 0 aromatic carbocycles. The first kappa shape index (κ1) is 122. The van der Waals surface area contributed by atoms with Crippen LogP contribution in [0.3, 0.4) is 0 Å². The third-order valence-electron chi connectivity index (χ3n) is 28.1. The van der Waals surface area contributed by atoms with Crippen LogP contribution in [0.5, 0.6) is 0 Å². The van der Waals surface area contributed by atoms with Crippen molar-refractivity contribution >= 4 is 71.6 Å². The van der Waals surface area contributed by atoms with Gasteiger partial charge in [-0.3, -0.25) is 57.5 Å². The van der Waals surface area contributed by atoms with Crippen LogP contribution >= 0.6 is 0 Å². The van der Waals surface area contributed by atoms with E-state index in [4.69, 9.17) is 56.8 Å². The molecule has 7 heterocycles. The molecule has 24 nitrogen and oxygen atoms in total. The van der Waals surface area contributed by atoms with Gasteiger partial charge in [0.1, 0.15) is 69.7 Å². The van der Waals surface area contributed by atoms with Crippen LogP contribution in [0.1, 0.15) is 396 Å². The molecule has 7 aliphatic heterocycles. The maximum Gasteiger partial charge on any atom is 0.312 e. The molecule has 0 N–H and O–H groups in total. The molecule has 14 fully saturated rings. The van der Waals surface area contributed by atoms with Crippen molar-refractivity contribution in [1.82, 2.24) is 0 Å². The predicted octanol–water partition coefficient (Wildman–Crippen LogP) is 21.8. The van der Waals surface area contributed by atoms with Crippen molar-refractivity contribution in [2.75, 3.05) is 0 Å². The van der Waals surface area contributed by atoms with E-state index >= 15 is 0 Å². The van der Waals surface area contributed by atoms with E-state index in [9.17, 15) is 57.5 Å². The van der Waals surface area contributed by atoms with Crippen molar-refractivity contribution in [2.24, 2.45) is 80.8 Å². The van der Waals surface area contributed by atoms with Gasteiger partial charge in [0, 0.05) is 43.9 Å². The molecule has 14 bridgehead atoms. The van der Waals surface area contributed by atoms with Gasteiger partial charge in [-0.25, -0.2) is 0 Å². The fourth-order valence-electron chi connectivity index (χ4n) is 16.8. The molecule has 0 amide bonds. The maximum absolute atomic E-state index is 12.3. The molecule has 22 unspecified atom stereocenters. The Labute approximate surface area is 729 Å². The number of esters is 12. The molecular weight excluding hydrogens is 1540 g/mol. The second kappa shape index (κ2) is 45.5. The number of carbonyl (C=O) groups is 12. The summed E-state index contributed by atoms with van der Waals surface area (Å²) in [5.41, 5.74) is -6.50. The summed E-state index contributed by atoms with van der Waals surface area (Å²) in [6.07, 6.45) is 15.9. The van der Waals surface area contributed by atoms with Crippen molar-refractivity contribution in [3.63, 3.8) is 0 Å². The van der Waals surface area contributed by atoms with E-state index in [1.165, 1.54) is 0 Å². The van der Waals surface area contributed by atoms with Gasteiger partial charge < -0.3 is 56.8 Å². The van der Waals surface area contributed by atoms with Gasteiger partial charge in [0.25, 0.3) is 0 Å². The minimum atomic E-state index is -0.709. The molecule has 14 aliphatic rings. The molecule has 0 spiro atoms. The quantitative estimate of drug-likeness (QED) is 0.0909. The summed E-state index contributed by atoms with van der Waals surface area (Å²) in [7, 11) is 0. The number of carbonyl (C=O) groups excluding carboxylic acids is 12. The van der Waals surface area contributed by atoms with E-state index in [-0.39, 0.29) is 245 Å². The summed E-state index contributed by atoms with van der Waals surface area (Å²) >= 11 is 0. The molecule has 7 aliphatic carbocycles. The van der Waals surface area contributed by atoms with Gasteiger partial charge in [-0.1, -0.05) is 145 Å². The molecule has 7 saturated heterocycles. The third-order valence-corrected chi connectivity index (χ3v) is 28.1. The summed E-state index contributed by atoms with van der Waals surface area (Å²) in [6, 6.07) is 0. The first-order valence-electron chi connectivity index (χ1n) is 40.6. The molecule has 14 rings (SSSR count). The summed E-state index contributed by atoms with van der Waals surface area (Å²) in [4.78, 5) is 142. The van der Waals surface area contributed by atoms with Crippen LogP contribution in [0.25, 0.3) is 0 Å². The van der Waals surface area contributed by atoms with Crippen molar-refractivity contribution in [2.45, 2.75) is 466 Å². The van der Waals surface area contributed by atoms with Crippen molar-refractivity contribution in [3.8, 4) is 0 Å². The Kier molecular flexibility index (Phi) is 46.3. The Bertz CT molecular complexity index is 3410. The highest BCUT2D eigenvalue weighted by Crippen LogP contribution is 2.61. The topological polar surface area (TPSA) is 316 Å². The number of fused-ring (bicyclic) bond motifs is 11. The summed E-state index contributed by atoms with van der Waals surface area (Å²) in [5.74, 6) is -1.55. The molecule has 22 atom stereocenters. The lowest BCUT2D eigenvalue weighted by molar-refractivity contribution is -0.224. The van der Waals surface area contributed by atoms with Gasteiger partial charge in [-0.05, 0) is 219 Å². The van der Waals surface area contributed by atoms with Crippen molar-refractivity contribution < 1.29 is 114 Å². The molecule has 120 heavy (non-hydrogen) atoms. The number of hydrogen-bond donors (Lipinski definition) is 0. The lowest BCUT2D eigenvalue weighted by Crippen LogP contribution is -2.59. The van der Waals surface area contributed by atoms with Gasteiger partial charge in [0.2, 0.25) is 0 Å². The van der Waals surface area contributed by atoms with Crippen LogP contribution in [-0.2, 0) is 114 Å². The minimum absolute atomic E-state index is 0. The Hall–Kier alpha value is -6.36. The highest BCUT2D eigenvalue weighted by molar-refractivity contribution is 5.82. The zero-order valence-electron chi connectivity index (χ0n) is 69.2. The molecule has 0 aromatic rings. The normalized spacial score (nSPS) is 34.1. The average Bonchev–Trinajstić information content (AvgIpc) is 1.54. The van der Waals surface area contributed by atoms with E-state index in [1.54, 1.807) is 0 Å². The van der Waals surface area contributed by atoms with Gasteiger partial charge in [-0.15, -0.1) is 0 Å². The molecular formula is C96H178O24. The summed E-state index contributed by atoms with van der Waals surface area (Å²) in [6.45, 7) is 43.8. The number of hydrogen-bond acceptors (Lipinski definition) is 24. The van der Waals surface area contributed by atoms with Gasteiger partial charge in [0.05, 0.1) is 69.0 Å². The van der Waals surface area contributed by atoms with Crippen LogP contribution < -0.4 is 0 Å². The van der Waals surface area contributed by atoms with Gasteiger partial charge in [-0.2, -0.15) is 0 Å². The van der Waals surface area contributed by atoms with Crippen LogP contribution in [0.2, 0.25) is 0 Å². The van der Waals surface area contributed by atoms with E-state index in [2.05, 4.69) is 0 Å². The summed E-state index contributed by atoms with van der Waals surface area (Å²) < 4.78 is 66.5. The molecule has 24 heteroatoms. The fraction of sp³-hybridized carbons (Fsp3) is 0.875. The predicted molar refractivity (Wildman–Crippen MR) is 473 cm³/mol. The molecule has 0 aromatic heterocycles. The zero-order chi connectivity index (χ0) is 80.8. The van der Waals surface area contributed by atoms with E-state index in [0.29, 0.717) is 50.9 Å². The van der Waals surface area contributed by atoms with Gasteiger partial charge in [0.15, 0.2) is 0 Å².